The summed E-state index contributed by atoms with van der Waals surface area (Å²) in [5, 5.41) is 12.5. The summed E-state index contributed by atoms with van der Waals surface area (Å²) in [5.41, 5.74) is 1.58. The molecular weight excluding hydrogens is 579 g/mol. The van der Waals surface area contributed by atoms with Gasteiger partial charge in [-0.1, -0.05) is 49.7 Å². The van der Waals surface area contributed by atoms with Crippen molar-refractivity contribution in [3.8, 4) is 11.5 Å². The van der Waals surface area contributed by atoms with E-state index in [2.05, 4.69) is 34.8 Å². The number of thioether (sulfide) groups is 1. The quantitative estimate of drug-likeness (QED) is 0.296. The Kier molecular flexibility index (Phi) is 8.48. The van der Waals surface area contributed by atoms with E-state index in [0.29, 0.717) is 25.9 Å². The predicted molar refractivity (Wildman–Crippen MR) is 147 cm³/mol. The minimum atomic E-state index is -1.06. The second kappa shape index (κ2) is 11.6. The summed E-state index contributed by atoms with van der Waals surface area (Å²) in [5.74, 6) is 0.222. The first kappa shape index (κ1) is 25.7. The Morgan fingerprint density at radius 1 is 1.26 bits per heavy atom. The molecule has 1 saturated carbocycles. The number of halogens is 1. The molecule has 2 aromatic carbocycles. The zero-order chi connectivity index (χ0) is 24.9. The maximum Gasteiger partial charge on any atom is 0.341 e. The van der Waals surface area contributed by atoms with Crippen molar-refractivity contribution in [1.82, 2.24) is 4.90 Å². The largest absolute Gasteiger partial charge is 0.493 e. The fourth-order valence-corrected chi connectivity index (χ4v) is 6.61. The van der Waals surface area contributed by atoms with Crippen LogP contribution < -0.4 is 14.8 Å². The Bertz CT molecular complexity index is 1110. The van der Waals surface area contributed by atoms with Crippen LogP contribution in [0.1, 0.15) is 38.2 Å². The summed E-state index contributed by atoms with van der Waals surface area (Å²) < 4.78 is 11.6. The van der Waals surface area contributed by atoms with Crippen molar-refractivity contribution in [2.24, 2.45) is 5.92 Å². The molecule has 2 aromatic rings. The molecule has 1 saturated heterocycles. The smallest absolute Gasteiger partial charge is 0.341 e. The van der Waals surface area contributed by atoms with Crippen LogP contribution >= 0.6 is 34.4 Å². The van der Waals surface area contributed by atoms with Crippen molar-refractivity contribution in [3.05, 3.63) is 56.5 Å². The number of benzene rings is 2. The molecule has 0 bridgehead atoms. The number of hydrogen-bond donors (Lipinski definition) is 2. The Morgan fingerprint density at radius 3 is 2.69 bits per heavy atom. The lowest BCUT2D eigenvalue weighted by atomic mass is 9.85. The minimum absolute atomic E-state index is 0.0300. The monoisotopic (exact) mass is 608 g/mol. The Hall–Kier alpha value is -2.40. The lowest BCUT2D eigenvalue weighted by Gasteiger charge is -2.39. The van der Waals surface area contributed by atoms with Crippen LogP contribution in [0.5, 0.6) is 11.5 Å². The highest BCUT2D eigenvalue weighted by Crippen LogP contribution is 2.43. The molecule has 1 amide bonds. The van der Waals surface area contributed by atoms with Crippen LogP contribution in [0.15, 0.2) is 47.4 Å². The normalized spacial score (nSPS) is 23.4. The number of hydrogen-bond acceptors (Lipinski definition) is 6. The predicted octanol–water partition coefficient (Wildman–Crippen LogP) is 5.65. The van der Waals surface area contributed by atoms with Crippen LogP contribution in [-0.4, -0.2) is 47.1 Å². The van der Waals surface area contributed by atoms with Crippen molar-refractivity contribution < 1.29 is 24.2 Å². The van der Waals surface area contributed by atoms with Gasteiger partial charge in [-0.25, -0.2) is 4.79 Å². The number of carbonyl (C=O) groups is 2. The molecule has 1 aliphatic carbocycles. The van der Waals surface area contributed by atoms with Crippen LogP contribution in [0, 0.1) is 9.49 Å². The topological polar surface area (TPSA) is 88.1 Å². The van der Waals surface area contributed by atoms with Gasteiger partial charge in [-0.15, -0.1) is 0 Å². The Labute approximate surface area is 223 Å². The standard InChI is InChI=1S/C26H29IN2O5S/c1-16-8-6-7-11-20(16)29-25(32)22(35-26(29)28-18-9-4-3-5-10-18)14-17-12-19(27)24(21(13-17)33-2)34-15-23(30)31/h3-5,9-10,12-14,16,20,26,28H,6-8,11,15H2,1-2H3,(H,30,31)/b22-14-/t16-,20+,26?/m0/s1. The number of amides is 1. The van der Waals surface area contributed by atoms with Gasteiger partial charge in [0.1, 0.15) is 0 Å². The van der Waals surface area contributed by atoms with Crippen molar-refractivity contribution >= 4 is 58.0 Å². The Morgan fingerprint density at radius 2 is 2.00 bits per heavy atom. The minimum Gasteiger partial charge on any atom is -0.493 e. The number of anilines is 1. The zero-order valence-corrected chi connectivity index (χ0v) is 22.7. The second-order valence-electron chi connectivity index (χ2n) is 8.75. The molecule has 2 N–H and O–H groups in total. The van der Waals surface area contributed by atoms with Crippen molar-refractivity contribution in [1.29, 1.82) is 0 Å². The number of methoxy groups -OCH3 is 1. The van der Waals surface area contributed by atoms with Gasteiger partial charge in [0.25, 0.3) is 5.91 Å². The van der Waals surface area contributed by atoms with E-state index in [1.807, 2.05) is 47.4 Å². The van der Waals surface area contributed by atoms with Gasteiger partial charge in [-0.3, -0.25) is 4.79 Å². The van der Waals surface area contributed by atoms with E-state index in [1.165, 1.54) is 25.3 Å². The summed E-state index contributed by atoms with van der Waals surface area (Å²) in [4.78, 5) is 27.3. The number of carboxylic acid groups (broad SMARTS) is 1. The van der Waals surface area contributed by atoms with Gasteiger partial charge in [0, 0.05) is 11.7 Å². The van der Waals surface area contributed by atoms with Gasteiger partial charge >= 0.3 is 5.97 Å². The third-order valence-electron chi connectivity index (χ3n) is 6.31. The summed E-state index contributed by atoms with van der Waals surface area (Å²) in [6, 6.07) is 13.8. The number of carboxylic acids is 1. The van der Waals surface area contributed by atoms with E-state index in [9.17, 15) is 9.59 Å². The second-order valence-corrected chi connectivity index (χ2v) is 11.0. The first-order valence-electron chi connectivity index (χ1n) is 11.6. The highest BCUT2D eigenvalue weighted by atomic mass is 127. The molecule has 35 heavy (non-hydrogen) atoms. The van der Waals surface area contributed by atoms with Crippen LogP contribution in [-0.2, 0) is 9.59 Å². The number of nitrogens with one attached hydrogen (secondary N) is 1. The van der Waals surface area contributed by atoms with Crippen LogP contribution in [0.3, 0.4) is 0 Å². The SMILES string of the molecule is COc1cc(/C=C2\SC(Nc3ccccc3)N([C@@H]3CCCC[C@@H]3C)C2=O)cc(I)c1OCC(=O)O. The molecule has 0 radical (unpaired) electrons. The molecule has 7 nitrogen and oxygen atoms in total. The number of carbonyl (C=O) groups excluding carboxylic acids is 1. The van der Waals surface area contributed by atoms with E-state index < -0.39 is 12.6 Å². The lowest BCUT2D eigenvalue weighted by Crippen LogP contribution is -2.48. The molecule has 1 heterocycles. The highest BCUT2D eigenvalue weighted by Gasteiger charge is 2.42. The fraction of sp³-hybridized carbons (Fsp3) is 0.385. The lowest BCUT2D eigenvalue weighted by molar-refractivity contribution is -0.139. The highest BCUT2D eigenvalue weighted by molar-refractivity contribution is 14.1. The fourth-order valence-electron chi connectivity index (χ4n) is 4.62. The zero-order valence-electron chi connectivity index (χ0n) is 19.7. The van der Waals surface area contributed by atoms with E-state index in [0.717, 1.165) is 30.5 Å². The third kappa shape index (κ3) is 6.06. The maximum absolute atomic E-state index is 13.7. The number of aliphatic carboxylic acids is 1. The number of nitrogens with zero attached hydrogens (tertiary/aromatic N) is 1. The summed E-state index contributed by atoms with van der Waals surface area (Å²) >= 11 is 3.62. The first-order valence-corrected chi connectivity index (χ1v) is 13.6. The van der Waals surface area contributed by atoms with E-state index in [-0.39, 0.29) is 17.4 Å². The van der Waals surface area contributed by atoms with Crippen molar-refractivity contribution in [2.45, 2.75) is 44.1 Å². The Balaban J connectivity index is 1.65. The van der Waals surface area contributed by atoms with Crippen molar-refractivity contribution in [2.75, 3.05) is 19.0 Å². The van der Waals surface area contributed by atoms with E-state index >= 15 is 0 Å². The molecule has 2 aliphatic rings. The molecule has 3 atom stereocenters. The molecule has 2 fully saturated rings. The summed E-state index contributed by atoms with van der Waals surface area (Å²) in [7, 11) is 1.51. The van der Waals surface area contributed by atoms with Gasteiger partial charge in [-0.05, 0) is 77.3 Å². The van der Waals surface area contributed by atoms with E-state index in [4.69, 9.17) is 14.6 Å². The van der Waals surface area contributed by atoms with Gasteiger partial charge < -0.3 is 24.8 Å². The molecule has 0 spiro atoms. The van der Waals surface area contributed by atoms with Crippen LogP contribution in [0.25, 0.3) is 6.08 Å². The molecular formula is C26H29IN2O5S. The van der Waals surface area contributed by atoms with Crippen molar-refractivity contribution in [3.63, 3.8) is 0 Å². The average Bonchev–Trinajstić information content (AvgIpc) is 3.13. The molecule has 4 rings (SSSR count). The summed E-state index contributed by atoms with van der Waals surface area (Å²) in [6.45, 7) is 1.79. The third-order valence-corrected chi connectivity index (χ3v) is 8.23. The van der Waals surface area contributed by atoms with E-state index in [1.54, 1.807) is 6.07 Å². The van der Waals surface area contributed by atoms with Crippen LogP contribution in [0.2, 0.25) is 0 Å². The molecule has 1 aliphatic heterocycles. The van der Waals surface area contributed by atoms with Gasteiger partial charge in [0.05, 0.1) is 15.6 Å². The van der Waals surface area contributed by atoms with Gasteiger partial charge in [-0.2, -0.15) is 0 Å². The molecule has 186 valence electrons. The number of para-hydroxylation sites is 1. The number of rotatable bonds is 8. The molecule has 0 aromatic heterocycles. The van der Waals surface area contributed by atoms with Gasteiger partial charge in [0.15, 0.2) is 23.6 Å². The maximum atomic E-state index is 13.7. The van der Waals surface area contributed by atoms with Crippen LogP contribution in [0.4, 0.5) is 5.69 Å². The number of ether oxygens (including phenoxy) is 2. The molecule has 1 unspecified atom stereocenters. The average molecular weight is 608 g/mol. The molecule has 9 heteroatoms. The van der Waals surface area contributed by atoms with Gasteiger partial charge in [0.2, 0.25) is 0 Å². The first-order chi connectivity index (χ1) is 16.9. The summed E-state index contributed by atoms with van der Waals surface area (Å²) in [6.07, 6.45) is 6.36.